The van der Waals surface area contributed by atoms with Gasteiger partial charge in [-0.1, -0.05) is 279 Å². The summed E-state index contributed by atoms with van der Waals surface area (Å²) in [6.45, 7) is 0. The number of nitrogens with zero attached hydrogens (tertiary/aromatic N) is 2. The summed E-state index contributed by atoms with van der Waals surface area (Å²) in [4.78, 5) is 2.53. The highest BCUT2D eigenvalue weighted by Crippen LogP contribution is 2.64. The van der Waals surface area contributed by atoms with E-state index in [1.165, 1.54) is 117 Å². The van der Waals surface area contributed by atoms with Gasteiger partial charge >= 0.3 is 0 Å². The molecule has 0 saturated heterocycles. The van der Waals surface area contributed by atoms with Gasteiger partial charge in [-0.3, -0.25) is 0 Å². The fourth-order valence-electron chi connectivity index (χ4n) is 15.1. The van der Waals surface area contributed by atoms with Gasteiger partial charge in [0.15, 0.2) is 0 Å². The van der Waals surface area contributed by atoms with Crippen molar-refractivity contribution >= 4 is 38.9 Å². The number of fused-ring (bicyclic) bond motifs is 15. The number of rotatable bonds is 8. The van der Waals surface area contributed by atoms with E-state index in [2.05, 4.69) is 325 Å². The Hall–Kier alpha value is -10.5. The lowest BCUT2D eigenvalue weighted by molar-refractivity contribution is 0.748. The maximum Gasteiger partial charge on any atom is 0.0754 e. The molecule has 382 valence electrons. The number of hydrogen-bond acceptors (Lipinski definition) is 1. The molecule has 2 aliphatic carbocycles. The lowest BCUT2D eigenvalue weighted by Gasteiger charge is -2.39. The molecule has 3 aliphatic rings. The minimum Gasteiger partial charge on any atom is -0.309 e. The van der Waals surface area contributed by atoms with Crippen LogP contribution < -0.4 is 4.90 Å². The maximum atomic E-state index is 2.53. The summed E-state index contributed by atoms with van der Waals surface area (Å²) in [6, 6.07) is 118. The highest BCUT2D eigenvalue weighted by molar-refractivity contribution is 6.13. The van der Waals surface area contributed by atoms with Crippen LogP contribution in [0.25, 0.3) is 83.1 Å². The van der Waals surface area contributed by atoms with Crippen LogP contribution in [0.5, 0.6) is 0 Å². The van der Waals surface area contributed by atoms with Gasteiger partial charge in [0, 0.05) is 27.6 Å². The predicted octanol–water partition coefficient (Wildman–Crippen LogP) is 20.3. The Kier molecular flexibility index (Phi) is 10.2. The first-order chi connectivity index (χ1) is 40.7. The molecular weight excluding hydrogens is 989 g/mol. The van der Waals surface area contributed by atoms with E-state index in [0.29, 0.717) is 0 Å². The first-order valence-corrected chi connectivity index (χ1v) is 28.6. The zero-order valence-corrected chi connectivity index (χ0v) is 44.9. The minimum absolute atomic E-state index is 0.541. The van der Waals surface area contributed by atoms with Crippen LogP contribution in [0, 0.1) is 0 Å². The van der Waals surface area contributed by atoms with Crippen molar-refractivity contribution in [3.63, 3.8) is 0 Å². The molecule has 13 aromatic carbocycles. The molecule has 0 fully saturated rings. The van der Waals surface area contributed by atoms with Crippen LogP contribution in [-0.2, 0) is 10.8 Å². The molecule has 2 heteroatoms. The van der Waals surface area contributed by atoms with Crippen molar-refractivity contribution in [1.82, 2.24) is 4.57 Å². The van der Waals surface area contributed by atoms with Crippen molar-refractivity contribution in [2.75, 3.05) is 4.90 Å². The van der Waals surface area contributed by atoms with E-state index < -0.39 is 10.8 Å². The minimum atomic E-state index is -0.560. The van der Waals surface area contributed by atoms with E-state index in [1.807, 2.05) is 0 Å². The molecule has 1 atom stereocenters. The Bertz CT molecular complexity index is 4800. The smallest absolute Gasteiger partial charge is 0.0754 e. The first-order valence-electron chi connectivity index (χ1n) is 28.6. The molecule has 1 aliphatic heterocycles. The molecule has 1 unspecified atom stereocenters. The average molecular weight is 1040 g/mol. The van der Waals surface area contributed by atoms with Crippen LogP contribution in [0.2, 0.25) is 0 Å². The van der Waals surface area contributed by atoms with Gasteiger partial charge < -0.3 is 9.47 Å². The summed E-state index contributed by atoms with van der Waals surface area (Å²) in [5.41, 5.74) is 28.4. The summed E-state index contributed by atoms with van der Waals surface area (Å²) in [5, 5.41) is 2.56. The second kappa shape index (κ2) is 18.0. The third-order valence-corrected chi connectivity index (χ3v) is 18.3. The van der Waals surface area contributed by atoms with Crippen molar-refractivity contribution < 1.29 is 0 Å². The monoisotopic (exact) mass is 1040 g/mol. The van der Waals surface area contributed by atoms with Gasteiger partial charge in [0.05, 0.1) is 38.9 Å². The quantitative estimate of drug-likeness (QED) is 0.147. The molecule has 0 bridgehead atoms. The Labute approximate surface area is 477 Å². The van der Waals surface area contributed by atoms with E-state index in [0.717, 1.165) is 28.2 Å². The molecule has 1 aromatic heterocycles. The molecule has 1 spiro atoms. The van der Waals surface area contributed by atoms with Crippen molar-refractivity contribution in [3.05, 3.63) is 360 Å². The third kappa shape index (κ3) is 6.35. The normalized spacial score (nSPS) is 14.7. The molecule has 0 radical (unpaired) electrons. The molecule has 0 saturated carbocycles. The van der Waals surface area contributed by atoms with Crippen molar-refractivity contribution in [2.24, 2.45) is 0 Å². The van der Waals surface area contributed by atoms with Gasteiger partial charge in [0.1, 0.15) is 0 Å². The molecule has 0 N–H and O–H groups in total. The Morgan fingerprint density at radius 2 is 0.707 bits per heavy atom. The van der Waals surface area contributed by atoms with Crippen molar-refractivity contribution in [1.29, 1.82) is 0 Å². The molecule has 82 heavy (non-hydrogen) atoms. The second-order valence-electron chi connectivity index (χ2n) is 22.2. The first kappa shape index (κ1) is 46.4. The van der Waals surface area contributed by atoms with Crippen LogP contribution in [0.1, 0.15) is 44.5 Å². The molecule has 0 amide bonds. The molecule has 2 heterocycles. The zero-order valence-electron chi connectivity index (χ0n) is 44.9. The largest absolute Gasteiger partial charge is 0.309 e. The standard InChI is InChI=1S/C80H52N2/c1-4-23-53(24-5-1)54-45-47-55(48-46-54)60-29-12-17-41-72(60)81(75-44-22-39-70-77(75)65-32-11-14-35-66(65)79(70,57-25-6-2-7-26-57)58-27-8-3-9-28-58)59-51-49-56(50-52-59)61-33-20-38-69-76(61)64-31-10-15-36-67(64)80(69)68-37-16-19-43-74(68)82-73-42-18-13-30-62(73)63-34-21-40-71(80)78(63)82/h1-52H. The molecule has 2 nitrogen and oxygen atoms in total. The fraction of sp³-hybridized carbons (Fsp3) is 0.0250. The predicted molar refractivity (Wildman–Crippen MR) is 340 cm³/mol. The van der Waals surface area contributed by atoms with E-state index in [4.69, 9.17) is 0 Å². The Balaban J connectivity index is 0.881. The summed E-state index contributed by atoms with van der Waals surface area (Å²) in [5.74, 6) is 0. The number of hydrogen-bond donors (Lipinski definition) is 0. The summed E-state index contributed by atoms with van der Waals surface area (Å²) in [6.07, 6.45) is 0. The third-order valence-electron chi connectivity index (χ3n) is 18.3. The number of anilines is 3. The summed E-state index contributed by atoms with van der Waals surface area (Å²) in [7, 11) is 0. The average Bonchev–Trinajstić information content (AvgIpc) is 3.73. The van der Waals surface area contributed by atoms with E-state index >= 15 is 0 Å². The highest BCUT2D eigenvalue weighted by atomic mass is 15.1. The number of para-hydroxylation sites is 4. The van der Waals surface area contributed by atoms with Crippen molar-refractivity contribution in [2.45, 2.75) is 10.8 Å². The fourth-order valence-corrected chi connectivity index (χ4v) is 15.1. The van der Waals surface area contributed by atoms with E-state index in [9.17, 15) is 0 Å². The Morgan fingerprint density at radius 3 is 1.44 bits per heavy atom. The van der Waals surface area contributed by atoms with Crippen LogP contribution in [0.15, 0.2) is 315 Å². The molecule has 14 aromatic rings. The summed E-state index contributed by atoms with van der Waals surface area (Å²) >= 11 is 0. The van der Waals surface area contributed by atoms with Crippen LogP contribution in [0.4, 0.5) is 17.1 Å². The highest BCUT2D eigenvalue weighted by Gasteiger charge is 2.52. The summed E-state index contributed by atoms with van der Waals surface area (Å²) < 4.78 is 2.53. The zero-order chi connectivity index (χ0) is 53.9. The topological polar surface area (TPSA) is 8.17 Å². The lowest BCUT2D eigenvalue weighted by Crippen LogP contribution is -2.33. The molecule has 17 rings (SSSR count). The van der Waals surface area contributed by atoms with E-state index in [-0.39, 0.29) is 0 Å². The lowest BCUT2D eigenvalue weighted by atomic mass is 9.65. The van der Waals surface area contributed by atoms with Gasteiger partial charge in [0.2, 0.25) is 0 Å². The van der Waals surface area contributed by atoms with Gasteiger partial charge in [-0.25, -0.2) is 0 Å². The van der Waals surface area contributed by atoms with Gasteiger partial charge in [0.25, 0.3) is 0 Å². The van der Waals surface area contributed by atoms with Gasteiger partial charge in [-0.15, -0.1) is 0 Å². The van der Waals surface area contributed by atoms with Crippen LogP contribution in [0.3, 0.4) is 0 Å². The van der Waals surface area contributed by atoms with Gasteiger partial charge in [-0.2, -0.15) is 0 Å². The van der Waals surface area contributed by atoms with Gasteiger partial charge in [-0.05, 0) is 125 Å². The number of aromatic nitrogens is 1. The second-order valence-corrected chi connectivity index (χ2v) is 22.2. The number of benzene rings is 13. The van der Waals surface area contributed by atoms with Crippen molar-refractivity contribution in [3.8, 4) is 61.3 Å². The maximum absolute atomic E-state index is 2.53. The van der Waals surface area contributed by atoms with E-state index in [1.54, 1.807) is 0 Å². The van der Waals surface area contributed by atoms with Crippen LogP contribution in [-0.4, -0.2) is 4.57 Å². The van der Waals surface area contributed by atoms with Crippen LogP contribution >= 0.6 is 0 Å². The molecular formula is C80H52N2. The SMILES string of the molecule is c1ccc(-c2ccc(-c3ccccc3N(c3ccc(-c4cccc5c4-c4ccccc4C54c5ccccc5-n5c6ccccc6c6cccc4c65)cc3)c3cccc4c3-c3ccccc3C4(c3ccccc3)c3ccccc3)cc2)cc1. The Morgan fingerprint density at radius 1 is 0.256 bits per heavy atom.